The van der Waals surface area contributed by atoms with Gasteiger partial charge in [0.25, 0.3) is 0 Å². The Bertz CT molecular complexity index is 1790. The molecule has 0 radical (unpaired) electrons. The number of hydrogen-bond donors (Lipinski definition) is 3. The standard InChI is InChI=1S/C38H45N5/c1-10-20-39-26(9)32-22(5)23(6)33(41-32)31(28-17-15-14-16-18-28)37-29(12-3)24(7)34(42-37)35-25(8)30(13-4)38(43-35)36-27(11-2)19-21-40-36/h10,14-19,21,40,42-43H,1,11-13,20H2,2-9H3/b33-31-,39-26?. The van der Waals surface area contributed by atoms with Crippen LogP contribution in [0.25, 0.3) is 28.3 Å². The quantitative estimate of drug-likeness (QED) is 0.125. The van der Waals surface area contributed by atoms with E-state index in [0.29, 0.717) is 6.54 Å². The van der Waals surface area contributed by atoms with Gasteiger partial charge in [-0.1, -0.05) is 57.2 Å². The lowest BCUT2D eigenvalue weighted by molar-refractivity contribution is 1.10. The van der Waals surface area contributed by atoms with Crippen LogP contribution in [0.15, 0.2) is 82.1 Å². The van der Waals surface area contributed by atoms with Crippen molar-refractivity contribution in [2.75, 3.05) is 6.54 Å². The molecule has 0 atom stereocenters. The first-order chi connectivity index (χ1) is 20.8. The molecule has 43 heavy (non-hydrogen) atoms. The van der Waals surface area contributed by atoms with Crippen LogP contribution in [0.1, 0.15) is 80.6 Å². The molecule has 0 saturated heterocycles. The fraction of sp³-hybridized carbons (Fsp3) is 0.316. The summed E-state index contributed by atoms with van der Waals surface area (Å²) in [6.07, 6.45) is 6.72. The van der Waals surface area contributed by atoms with Crippen LogP contribution in [0.5, 0.6) is 0 Å². The van der Waals surface area contributed by atoms with Crippen LogP contribution in [0.2, 0.25) is 0 Å². The highest BCUT2D eigenvalue weighted by Crippen LogP contribution is 2.42. The SMILES string of the molecule is C=CCN=C(C)C1=N/C(=C(/c2ccccc2)c2[nH]c(-c3[nH]c(-c4[nH]ccc4CC)c(CC)c3C)c(C)c2CC)C(C)=C1C. The average molecular weight is 572 g/mol. The number of aliphatic imine (C=N–C) groups is 2. The maximum absolute atomic E-state index is 5.27. The van der Waals surface area contributed by atoms with Crippen LogP contribution in [0, 0.1) is 13.8 Å². The Morgan fingerprint density at radius 2 is 1.49 bits per heavy atom. The molecule has 5 rings (SSSR count). The summed E-state index contributed by atoms with van der Waals surface area (Å²) in [4.78, 5) is 21.3. The topological polar surface area (TPSA) is 72.1 Å². The zero-order valence-corrected chi connectivity index (χ0v) is 27.0. The summed E-state index contributed by atoms with van der Waals surface area (Å²) in [5.41, 5.74) is 19.9. The first kappa shape index (κ1) is 30.1. The molecule has 222 valence electrons. The summed E-state index contributed by atoms with van der Waals surface area (Å²) in [6.45, 7) is 22.0. The predicted molar refractivity (Wildman–Crippen MR) is 184 cm³/mol. The molecule has 0 saturated carbocycles. The minimum atomic E-state index is 0.584. The largest absolute Gasteiger partial charge is 0.360 e. The van der Waals surface area contributed by atoms with Crippen LogP contribution in [0.4, 0.5) is 0 Å². The van der Waals surface area contributed by atoms with Gasteiger partial charge in [-0.05, 0) is 104 Å². The van der Waals surface area contributed by atoms with Crippen molar-refractivity contribution in [1.29, 1.82) is 0 Å². The molecule has 1 aliphatic heterocycles. The fourth-order valence-electron chi connectivity index (χ4n) is 6.52. The van der Waals surface area contributed by atoms with Gasteiger partial charge >= 0.3 is 0 Å². The molecule has 0 spiro atoms. The Kier molecular flexibility index (Phi) is 8.72. The minimum absolute atomic E-state index is 0.584. The number of nitrogens with one attached hydrogen (secondary N) is 3. The molecular weight excluding hydrogens is 526 g/mol. The number of hydrogen-bond acceptors (Lipinski definition) is 2. The summed E-state index contributed by atoms with van der Waals surface area (Å²) < 4.78 is 0. The van der Waals surface area contributed by atoms with Gasteiger partial charge in [-0.3, -0.25) is 4.99 Å². The van der Waals surface area contributed by atoms with E-state index < -0.39 is 0 Å². The van der Waals surface area contributed by atoms with Gasteiger partial charge in [-0.15, -0.1) is 6.58 Å². The predicted octanol–water partition coefficient (Wildman–Crippen LogP) is 9.51. The fourth-order valence-corrected chi connectivity index (χ4v) is 6.52. The lowest BCUT2D eigenvalue weighted by Gasteiger charge is -2.13. The molecule has 3 aromatic heterocycles. The van der Waals surface area contributed by atoms with E-state index in [4.69, 9.17) is 9.98 Å². The van der Waals surface area contributed by atoms with Crippen LogP contribution < -0.4 is 0 Å². The Morgan fingerprint density at radius 3 is 2.14 bits per heavy atom. The third-order valence-corrected chi connectivity index (χ3v) is 9.03. The van der Waals surface area contributed by atoms with Crippen LogP contribution in [-0.2, 0) is 19.3 Å². The summed E-state index contributed by atoms with van der Waals surface area (Å²) in [7, 11) is 0. The third kappa shape index (κ3) is 5.22. The molecule has 5 heteroatoms. The second-order valence-corrected chi connectivity index (χ2v) is 11.4. The number of nitrogens with zero attached hydrogens (tertiary/aromatic N) is 2. The van der Waals surface area contributed by atoms with Gasteiger partial charge in [-0.2, -0.15) is 0 Å². The minimum Gasteiger partial charge on any atom is -0.360 e. The van der Waals surface area contributed by atoms with Crippen molar-refractivity contribution < 1.29 is 0 Å². The zero-order valence-electron chi connectivity index (χ0n) is 27.0. The van der Waals surface area contributed by atoms with Crippen molar-refractivity contribution in [1.82, 2.24) is 15.0 Å². The zero-order chi connectivity index (χ0) is 30.8. The smallest absolute Gasteiger partial charge is 0.0877 e. The molecule has 5 nitrogen and oxygen atoms in total. The Balaban J connectivity index is 1.77. The number of aromatic nitrogens is 3. The highest BCUT2D eigenvalue weighted by Gasteiger charge is 2.28. The molecule has 4 aromatic rings. The lowest BCUT2D eigenvalue weighted by atomic mass is 9.93. The van der Waals surface area contributed by atoms with Crippen molar-refractivity contribution in [3.05, 3.63) is 111 Å². The van der Waals surface area contributed by atoms with E-state index in [9.17, 15) is 0 Å². The molecule has 0 aliphatic carbocycles. The highest BCUT2D eigenvalue weighted by molar-refractivity contribution is 6.48. The molecule has 3 N–H and O–H groups in total. The van der Waals surface area contributed by atoms with E-state index in [2.05, 4.69) is 106 Å². The van der Waals surface area contributed by atoms with Gasteiger partial charge in [0.1, 0.15) is 0 Å². The molecule has 0 unspecified atom stereocenters. The summed E-state index contributed by atoms with van der Waals surface area (Å²) >= 11 is 0. The summed E-state index contributed by atoms with van der Waals surface area (Å²) in [6, 6.07) is 12.9. The van der Waals surface area contributed by atoms with E-state index in [1.54, 1.807) is 0 Å². The molecule has 1 aliphatic rings. The second-order valence-electron chi connectivity index (χ2n) is 11.4. The van der Waals surface area contributed by atoms with Crippen LogP contribution >= 0.6 is 0 Å². The van der Waals surface area contributed by atoms with Crippen molar-refractivity contribution >= 4 is 17.0 Å². The van der Waals surface area contributed by atoms with E-state index in [1.165, 1.54) is 50.4 Å². The van der Waals surface area contributed by atoms with Crippen molar-refractivity contribution in [2.45, 2.75) is 74.7 Å². The van der Waals surface area contributed by atoms with E-state index in [-0.39, 0.29) is 0 Å². The Labute approximate surface area is 256 Å². The number of benzene rings is 1. The van der Waals surface area contributed by atoms with Gasteiger partial charge in [0, 0.05) is 11.8 Å². The van der Waals surface area contributed by atoms with Crippen molar-refractivity contribution in [3.8, 4) is 22.8 Å². The maximum atomic E-state index is 5.27. The monoisotopic (exact) mass is 571 g/mol. The first-order valence-electron chi connectivity index (χ1n) is 15.6. The van der Waals surface area contributed by atoms with Gasteiger partial charge < -0.3 is 15.0 Å². The number of rotatable bonds is 10. The Morgan fingerprint density at radius 1 is 0.814 bits per heavy atom. The van der Waals surface area contributed by atoms with Gasteiger partial charge in [0.15, 0.2) is 0 Å². The summed E-state index contributed by atoms with van der Waals surface area (Å²) in [5, 5.41) is 0. The van der Waals surface area contributed by atoms with Gasteiger partial charge in [-0.25, -0.2) is 4.99 Å². The van der Waals surface area contributed by atoms with Crippen LogP contribution in [0.3, 0.4) is 0 Å². The second kappa shape index (κ2) is 12.5. The number of aryl methyl sites for hydroxylation is 1. The lowest BCUT2D eigenvalue weighted by Crippen LogP contribution is -2.10. The highest BCUT2D eigenvalue weighted by atomic mass is 14.9. The van der Waals surface area contributed by atoms with E-state index in [0.717, 1.165) is 64.6 Å². The molecule has 1 aromatic carbocycles. The Hall–Kier alpha value is -4.38. The number of allylic oxidation sites excluding steroid dienone is 2. The van der Waals surface area contributed by atoms with Crippen LogP contribution in [-0.4, -0.2) is 32.9 Å². The molecule has 0 amide bonds. The third-order valence-electron chi connectivity index (χ3n) is 9.03. The molecule has 0 fully saturated rings. The van der Waals surface area contributed by atoms with Gasteiger partial charge in [0.05, 0.1) is 52.1 Å². The number of aromatic amines is 3. The maximum Gasteiger partial charge on any atom is 0.0877 e. The van der Waals surface area contributed by atoms with E-state index >= 15 is 0 Å². The number of H-pyrrole nitrogens is 3. The normalized spacial score (nSPS) is 15.0. The molecule has 4 heterocycles. The van der Waals surface area contributed by atoms with Crippen molar-refractivity contribution in [3.63, 3.8) is 0 Å². The summed E-state index contributed by atoms with van der Waals surface area (Å²) in [5.74, 6) is 0. The molecular formula is C38H45N5. The van der Waals surface area contributed by atoms with Gasteiger partial charge in [0.2, 0.25) is 0 Å². The average Bonchev–Trinajstić information content (AvgIpc) is 3.77. The van der Waals surface area contributed by atoms with Crippen molar-refractivity contribution in [2.24, 2.45) is 9.98 Å². The molecule has 0 bridgehead atoms. The van der Waals surface area contributed by atoms with E-state index in [1.807, 2.05) is 19.2 Å². The first-order valence-corrected chi connectivity index (χ1v) is 15.6.